The molecular formula is C26H25N3O5. The fourth-order valence-electron chi connectivity index (χ4n) is 3.54. The zero-order chi connectivity index (χ0) is 23.9. The second-order valence-electron chi connectivity index (χ2n) is 7.78. The first-order valence-electron chi connectivity index (χ1n) is 10.9. The number of nitrogens with one attached hydrogen (secondary N) is 2. The van der Waals surface area contributed by atoms with Crippen LogP contribution in [0.4, 0.5) is 11.4 Å². The van der Waals surface area contributed by atoms with Crippen molar-refractivity contribution in [2.75, 3.05) is 36.5 Å². The summed E-state index contributed by atoms with van der Waals surface area (Å²) in [5, 5.41) is 5.33. The normalized spacial score (nSPS) is 12.4. The van der Waals surface area contributed by atoms with Crippen LogP contribution in [0.25, 0.3) is 0 Å². The van der Waals surface area contributed by atoms with Gasteiger partial charge in [0.25, 0.3) is 11.8 Å². The maximum absolute atomic E-state index is 12.5. The monoisotopic (exact) mass is 459 g/mol. The number of ether oxygens (including phenoxy) is 2. The molecule has 0 saturated heterocycles. The van der Waals surface area contributed by atoms with Gasteiger partial charge in [0.05, 0.1) is 18.8 Å². The maximum atomic E-state index is 12.5. The van der Waals surface area contributed by atoms with Crippen LogP contribution in [-0.2, 0) is 9.59 Å². The van der Waals surface area contributed by atoms with E-state index in [0.717, 1.165) is 11.3 Å². The average Bonchev–Trinajstić information content (AvgIpc) is 2.84. The third-order valence-corrected chi connectivity index (χ3v) is 5.20. The van der Waals surface area contributed by atoms with E-state index < -0.39 is 0 Å². The lowest BCUT2D eigenvalue weighted by atomic mass is 10.2. The van der Waals surface area contributed by atoms with E-state index in [-0.39, 0.29) is 30.9 Å². The lowest BCUT2D eigenvalue weighted by Gasteiger charge is -2.29. The van der Waals surface area contributed by atoms with Gasteiger partial charge in [-0.05, 0) is 55.0 Å². The number of hydrogen-bond acceptors (Lipinski definition) is 5. The van der Waals surface area contributed by atoms with Crippen molar-refractivity contribution in [1.82, 2.24) is 5.32 Å². The third-order valence-electron chi connectivity index (χ3n) is 5.20. The number of rotatable bonds is 8. The molecule has 3 amide bonds. The zero-order valence-electron chi connectivity index (χ0n) is 18.7. The van der Waals surface area contributed by atoms with Crippen molar-refractivity contribution in [2.24, 2.45) is 0 Å². The first-order chi connectivity index (χ1) is 16.5. The highest BCUT2D eigenvalue weighted by atomic mass is 16.5. The summed E-state index contributed by atoms with van der Waals surface area (Å²) in [6.07, 6.45) is 0. The summed E-state index contributed by atoms with van der Waals surface area (Å²) < 4.78 is 11.3. The molecule has 8 heteroatoms. The van der Waals surface area contributed by atoms with Crippen LogP contribution < -0.4 is 25.0 Å². The highest BCUT2D eigenvalue weighted by Gasteiger charge is 2.26. The summed E-state index contributed by atoms with van der Waals surface area (Å²) in [5.74, 6) is 0.366. The SMILES string of the molecule is Cc1cccc(OCCN2C(=O)COc3ccc(NC(=O)CNC(=O)c4ccccc4)cc32)c1. The van der Waals surface area contributed by atoms with E-state index in [2.05, 4.69) is 10.6 Å². The minimum Gasteiger partial charge on any atom is -0.492 e. The van der Waals surface area contributed by atoms with Gasteiger partial charge < -0.3 is 25.0 Å². The van der Waals surface area contributed by atoms with Crippen molar-refractivity contribution < 1.29 is 23.9 Å². The molecule has 0 radical (unpaired) electrons. The molecule has 4 rings (SSSR count). The summed E-state index contributed by atoms with van der Waals surface area (Å²) in [5.41, 5.74) is 2.60. The predicted octanol–water partition coefficient (Wildman–Crippen LogP) is 3.17. The molecule has 0 atom stereocenters. The molecule has 0 bridgehead atoms. The van der Waals surface area contributed by atoms with E-state index in [0.29, 0.717) is 35.8 Å². The van der Waals surface area contributed by atoms with Gasteiger partial charge in [-0.3, -0.25) is 14.4 Å². The number of carbonyl (C=O) groups is 3. The van der Waals surface area contributed by atoms with Gasteiger partial charge in [-0.15, -0.1) is 0 Å². The molecule has 0 aliphatic carbocycles. The lowest BCUT2D eigenvalue weighted by Crippen LogP contribution is -2.41. The Labute approximate surface area is 197 Å². The van der Waals surface area contributed by atoms with Crippen LogP contribution in [-0.4, -0.2) is 44.0 Å². The van der Waals surface area contributed by atoms with Crippen molar-refractivity contribution in [3.8, 4) is 11.5 Å². The first kappa shape index (κ1) is 22.8. The second-order valence-corrected chi connectivity index (χ2v) is 7.78. The Bertz CT molecular complexity index is 1200. The van der Waals surface area contributed by atoms with E-state index in [1.165, 1.54) is 0 Å². The predicted molar refractivity (Wildman–Crippen MR) is 128 cm³/mol. The Balaban J connectivity index is 1.37. The van der Waals surface area contributed by atoms with Crippen LogP contribution in [0.1, 0.15) is 15.9 Å². The van der Waals surface area contributed by atoms with Crippen LogP contribution in [0, 0.1) is 6.92 Å². The van der Waals surface area contributed by atoms with Gasteiger partial charge in [0, 0.05) is 11.3 Å². The quantitative estimate of drug-likeness (QED) is 0.539. The maximum Gasteiger partial charge on any atom is 0.265 e. The number of benzene rings is 3. The molecule has 3 aromatic carbocycles. The molecule has 0 saturated carbocycles. The number of aryl methyl sites for hydroxylation is 1. The third kappa shape index (κ3) is 5.72. The highest BCUT2D eigenvalue weighted by Crippen LogP contribution is 2.34. The van der Waals surface area contributed by atoms with Crippen molar-refractivity contribution in [1.29, 1.82) is 0 Å². The molecule has 0 aromatic heterocycles. The Morgan fingerprint density at radius 1 is 1.03 bits per heavy atom. The number of amides is 3. The summed E-state index contributed by atoms with van der Waals surface area (Å²) in [7, 11) is 0. The fourth-order valence-corrected chi connectivity index (χ4v) is 3.54. The van der Waals surface area contributed by atoms with Gasteiger partial charge in [0.15, 0.2) is 6.61 Å². The standard InChI is InChI=1S/C26H25N3O5/c1-18-6-5-9-21(14-18)33-13-12-29-22-15-20(10-11-23(22)34-17-25(29)31)28-24(30)16-27-26(32)19-7-3-2-4-8-19/h2-11,14-15H,12-13,16-17H2,1H3,(H,27,32)(H,28,30). The zero-order valence-corrected chi connectivity index (χ0v) is 18.7. The van der Waals surface area contributed by atoms with Crippen molar-refractivity contribution in [2.45, 2.75) is 6.92 Å². The molecule has 3 aromatic rings. The summed E-state index contributed by atoms with van der Waals surface area (Å²) in [6, 6.07) is 21.4. The lowest BCUT2D eigenvalue weighted by molar-refractivity contribution is -0.121. The Hall–Kier alpha value is -4.33. The Kier molecular flexibility index (Phi) is 7.07. The highest BCUT2D eigenvalue weighted by molar-refractivity contribution is 6.01. The van der Waals surface area contributed by atoms with Crippen molar-refractivity contribution in [3.63, 3.8) is 0 Å². The molecule has 1 aliphatic heterocycles. The van der Waals surface area contributed by atoms with Crippen LogP contribution >= 0.6 is 0 Å². The molecular weight excluding hydrogens is 434 g/mol. The molecule has 0 spiro atoms. The minimum absolute atomic E-state index is 0.0608. The smallest absolute Gasteiger partial charge is 0.265 e. The van der Waals surface area contributed by atoms with Gasteiger partial charge in [0.1, 0.15) is 18.1 Å². The van der Waals surface area contributed by atoms with Crippen LogP contribution in [0.5, 0.6) is 11.5 Å². The van der Waals surface area contributed by atoms with E-state index >= 15 is 0 Å². The van der Waals surface area contributed by atoms with Crippen molar-refractivity contribution >= 4 is 29.1 Å². The van der Waals surface area contributed by atoms with E-state index in [1.54, 1.807) is 47.4 Å². The van der Waals surface area contributed by atoms with E-state index in [9.17, 15) is 14.4 Å². The van der Waals surface area contributed by atoms with Gasteiger partial charge >= 0.3 is 0 Å². The molecule has 1 aliphatic rings. The largest absolute Gasteiger partial charge is 0.492 e. The fraction of sp³-hybridized carbons (Fsp3) is 0.192. The molecule has 34 heavy (non-hydrogen) atoms. The van der Waals surface area contributed by atoms with Crippen LogP contribution in [0.2, 0.25) is 0 Å². The first-order valence-corrected chi connectivity index (χ1v) is 10.9. The van der Waals surface area contributed by atoms with Gasteiger partial charge in [0.2, 0.25) is 5.91 Å². The minimum atomic E-state index is -0.387. The number of anilines is 2. The Morgan fingerprint density at radius 2 is 1.85 bits per heavy atom. The van der Waals surface area contributed by atoms with Gasteiger partial charge in [-0.25, -0.2) is 0 Å². The van der Waals surface area contributed by atoms with Crippen molar-refractivity contribution in [3.05, 3.63) is 83.9 Å². The molecule has 174 valence electrons. The number of hydrogen-bond donors (Lipinski definition) is 2. The van der Waals surface area contributed by atoms with Gasteiger partial charge in [-0.1, -0.05) is 30.3 Å². The van der Waals surface area contributed by atoms with Crippen LogP contribution in [0.3, 0.4) is 0 Å². The topological polar surface area (TPSA) is 97.0 Å². The molecule has 1 heterocycles. The second kappa shape index (κ2) is 10.5. The van der Waals surface area contributed by atoms with Crippen LogP contribution in [0.15, 0.2) is 72.8 Å². The molecule has 0 fully saturated rings. The average molecular weight is 460 g/mol. The van der Waals surface area contributed by atoms with E-state index in [1.807, 2.05) is 37.3 Å². The molecule has 2 N–H and O–H groups in total. The molecule has 8 nitrogen and oxygen atoms in total. The Morgan fingerprint density at radius 3 is 2.65 bits per heavy atom. The number of fused-ring (bicyclic) bond motifs is 1. The summed E-state index contributed by atoms with van der Waals surface area (Å²) in [4.78, 5) is 38.6. The molecule has 0 unspecified atom stereocenters. The number of nitrogens with zero attached hydrogens (tertiary/aromatic N) is 1. The number of carbonyl (C=O) groups excluding carboxylic acids is 3. The summed E-state index contributed by atoms with van der Waals surface area (Å²) in [6.45, 7) is 2.37. The van der Waals surface area contributed by atoms with E-state index in [4.69, 9.17) is 9.47 Å². The van der Waals surface area contributed by atoms with Gasteiger partial charge in [-0.2, -0.15) is 0 Å². The summed E-state index contributed by atoms with van der Waals surface area (Å²) >= 11 is 0.